The van der Waals surface area contributed by atoms with Gasteiger partial charge in [-0.25, -0.2) is 4.98 Å². The number of nitrogens with one attached hydrogen (secondary N) is 1. The number of aromatic amines is 1. The Morgan fingerprint density at radius 3 is 2.97 bits per heavy atom. The summed E-state index contributed by atoms with van der Waals surface area (Å²) in [5.74, 6) is 0.898. The van der Waals surface area contributed by atoms with Crippen molar-refractivity contribution in [3.63, 3.8) is 0 Å². The quantitative estimate of drug-likeness (QED) is 0.550. The first kappa shape index (κ1) is 22.3. The van der Waals surface area contributed by atoms with Crippen molar-refractivity contribution in [2.75, 3.05) is 19.8 Å². The van der Waals surface area contributed by atoms with E-state index in [1.807, 2.05) is 13.0 Å². The maximum Gasteiger partial charge on any atom is 0.258 e. The van der Waals surface area contributed by atoms with Gasteiger partial charge >= 0.3 is 0 Å². The molecule has 0 aliphatic carbocycles. The normalized spacial score (nSPS) is 15.8. The maximum atomic E-state index is 13.3. The summed E-state index contributed by atoms with van der Waals surface area (Å²) in [7, 11) is 0. The number of halogens is 1. The van der Waals surface area contributed by atoms with Gasteiger partial charge in [-0.2, -0.15) is 0 Å². The Bertz CT molecular complexity index is 1160. The van der Waals surface area contributed by atoms with Crippen molar-refractivity contribution in [2.45, 2.75) is 38.8 Å². The van der Waals surface area contributed by atoms with Crippen molar-refractivity contribution in [2.24, 2.45) is 0 Å². The van der Waals surface area contributed by atoms with Crippen LogP contribution in [0.25, 0.3) is 10.9 Å². The van der Waals surface area contributed by atoms with Crippen LogP contribution in [0, 0.1) is 0 Å². The fraction of sp³-hybridized carbons (Fsp3) is 0.375. The van der Waals surface area contributed by atoms with E-state index in [1.54, 1.807) is 41.3 Å². The summed E-state index contributed by atoms with van der Waals surface area (Å²) >= 11 is 6.05. The molecule has 7 nitrogen and oxygen atoms in total. The van der Waals surface area contributed by atoms with E-state index in [4.69, 9.17) is 21.1 Å². The molecule has 0 bridgehead atoms. The van der Waals surface area contributed by atoms with Gasteiger partial charge in [0.05, 0.1) is 23.6 Å². The Morgan fingerprint density at radius 1 is 1.31 bits per heavy atom. The molecule has 2 heterocycles. The third-order valence-corrected chi connectivity index (χ3v) is 5.61. The van der Waals surface area contributed by atoms with Gasteiger partial charge in [0, 0.05) is 23.7 Å². The second-order valence-corrected chi connectivity index (χ2v) is 8.31. The van der Waals surface area contributed by atoms with Crippen LogP contribution >= 0.6 is 11.6 Å². The van der Waals surface area contributed by atoms with Crippen LogP contribution in [0.2, 0.25) is 5.02 Å². The lowest BCUT2D eigenvalue weighted by molar-refractivity contribution is 0.0676. The van der Waals surface area contributed by atoms with Crippen LogP contribution in [0.4, 0.5) is 0 Å². The highest BCUT2D eigenvalue weighted by atomic mass is 35.5. The highest BCUT2D eigenvalue weighted by molar-refractivity contribution is 6.31. The molecule has 1 N–H and O–H groups in total. The zero-order valence-electron chi connectivity index (χ0n) is 18.0. The van der Waals surface area contributed by atoms with Crippen molar-refractivity contribution in [3.8, 4) is 5.75 Å². The third kappa shape index (κ3) is 5.29. The van der Waals surface area contributed by atoms with E-state index in [-0.39, 0.29) is 24.1 Å². The molecule has 1 unspecified atom stereocenters. The number of carbonyl (C=O) groups excluding carboxylic acids is 1. The van der Waals surface area contributed by atoms with Crippen LogP contribution in [0.3, 0.4) is 0 Å². The van der Waals surface area contributed by atoms with Gasteiger partial charge in [0.25, 0.3) is 11.5 Å². The van der Waals surface area contributed by atoms with Crippen molar-refractivity contribution in [1.82, 2.24) is 14.9 Å². The third-order valence-electron chi connectivity index (χ3n) is 5.38. The molecule has 32 heavy (non-hydrogen) atoms. The van der Waals surface area contributed by atoms with Gasteiger partial charge in [-0.15, -0.1) is 0 Å². The zero-order chi connectivity index (χ0) is 22.5. The van der Waals surface area contributed by atoms with Crippen LogP contribution in [-0.4, -0.2) is 46.6 Å². The molecule has 4 rings (SSSR count). The highest BCUT2D eigenvalue weighted by Gasteiger charge is 2.19. The summed E-state index contributed by atoms with van der Waals surface area (Å²) < 4.78 is 11.4. The van der Waals surface area contributed by atoms with E-state index in [0.29, 0.717) is 46.2 Å². The molecule has 2 aromatic carbocycles. The molecular formula is C24H26ClN3O4. The Morgan fingerprint density at radius 2 is 2.19 bits per heavy atom. The first-order valence-corrected chi connectivity index (χ1v) is 11.2. The van der Waals surface area contributed by atoms with Crippen molar-refractivity contribution < 1.29 is 14.3 Å². The molecule has 0 spiro atoms. The molecule has 1 amide bonds. The lowest BCUT2D eigenvalue weighted by atomic mass is 10.1. The number of hydrogen-bond acceptors (Lipinski definition) is 5. The summed E-state index contributed by atoms with van der Waals surface area (Å²) in [6, 6.07) is 12.1. The standard InChI is InChI=1S/C24H26ClN3O4/c1-2-10-28(14-22-26-21-13-17(25)8-9-20(21)23(29)27-22)24(30)16-5-3-6-18(12-16)32-15-19-7-4-11-31-19/h3,5-6,8-9,12-13,19H,2,4,7,10-11,14-15H2,1H3,(H,26,27,29). The Hall–Kier alpha value is -2.90. The number of hydrogen-bond donors (Lipinski definition) is 1. The summed E-state index contributed by atoms with van der Waals surface area (Å²) in [5, 5.41) is 0.963. The van der Waals surface area contributed by atoms with Crippen LogP contribution in [-0.2, 0) is 11.3 Å². The van der Waals surface area contributed by atoms with Crippen LogP contribution in [0.15, 0.2) is 47.3 Å². The van der Waals surface area contributed by atoms with E-state index in [0.717, 1.165) is 25.9 Å². The van der Waals surface area contributed by atoms with E-state index in [1.165, 1.54) is 0 Å². The lowest BCUT2D eigenvalue weighted by Crippen LogP contribution is -2.32. The molecule has 1 aromatic heterocycles. The number of nitrogens with zero attached hydrogens (tertiary/aromatic N) is 2. The maximum absolute atomic E-state index is 13.3. The molecular weight excluding hydrogens is 430 g/mol. The number of carbonyl (C=O) groups is 1. The fourth-order valence-corrected chi connectivity index (χ4v) is 3.97. The molecule has 1 atom stereocenters. The highest BCUT2D eigenvalue weighted by Crippen LogP contribution is 2.19. The molecule has 3 aromatic rings. The van der Waals surface area contributed by atoms with E-state index in [9.17, 15) is 9.59 Å². The van der Waals surface area contributed by atoms with Gasteiger partial charge in [0.1, 0.15) is 18.2 Å². The molecule has 0 saturated carbocycles. The van der Waals surface area contributed by atoms with Crippen molar-refractivity contribution in [3.05, 3.63) is 69.2 Å². The largest absolute Gasteiger partial charge is 0.491 e. The predicted molar refractivity (Wildman–Crippen MR) is 123 cm³/mol. The molecule has 1 saturated heterocycles. The summed E-state index contributed by atoms with van der Waals surface area (Å²) in [6.07, 6.45) is 2.92. The predicted octanol–water partition coefficient (Wildman–Crippen LogP) is 4.19. The zero-order valence-corrected chi connectivity index (χ0v) is 18.7. The molecule has 0 radical (unpaired) electrons. The average molecular weight is 456 g/mol. The van der Waals surface area contributed by atoms with Gasteiger partial charge in [-0.05, 0) is 55.7 Å². The molecule has 8 heteroatoms. The molecule has 168 valence electrons. The van der Waals surface area contributed by atoms with Gasteiger partial charge in [-0.3, -0.25) is 9.59 Å². The fourth-order valence-electron chi connectivity index (χ4n) is 3.81. The van der Waals surface area contributed by atoms with Crippen LogP contribution in [0.1, 0.15) is 42.4 Å². The minimum absolute atomic E-state index is 0.107. The molecule has 1 aliphatic heterocycles. The Kier molecular flexibility index (Phi) is 7.07. The van der Waals surface area contributed by atoms with E-state index < -0.39 is 0 Å². The lowest BCUT2D eigenvalue weighted by Gasteiger charge is -2.22. The Balaban J connectivity index is 1.52. The number of ether oxygens (including phenoxy) is 2. The minimum atomic E-state index is -0.255. The molecule has 1 fully saturated rings. The number of rotatable bonds is 8. The second-order valence-electron chi connectivity index (χ2n) is 7.87. The van der Waals surface area contributed by atoms with Gasteiger partial charge in [0.2, 0.25) is 0 Å². The van der Waals surface area contributed by atoms with Crippen molar-refractivity contribution >= 4 is 28.4 Å². The van der Waals surface area contributed by atoms with Crippen LogP contribution < -0.4 is 10.3 Å². The van der Waals surface area contributed by atoms with Crippen molar-refractivity contribution in [1.29, 1.82) is 0 Å². The Labute approximate surface area is 191 Å². The van der Waals surface area contributed by atoms with Crippen LogP contribution in [0.5, 0.6) is 5.75 Å². The van der Waals surface area contributed by atoms with E-state index >= 15 is 0 Å². The van der Waals surface area contributed by atoms with E-state index in [2.05, 4.69) is 9.97 Å². The molecule has 1 aliphatic rings. The number of fused-ring (bicyclic) bond motifs is 1. The second kappa shape index (κ2) is 10.1. The smallest absolute Gasteiger partial charge is 0.258 e. The minimum Gasteiger partial charge on any atom is -0.491 e. The number of amides is 1. The van der Waals surface area contributed by atoms with Gasteiger partial charge in [-0.1, -0.05) is 24.6 Å². The topological polar surface area (TPSA) is 84.5 Å². The number of aromatic nitrogens is 2. The monoisotopic (exact) mass is 455 g/mol. The SMILES string of the molecule is CCCN(Cc1nc2cc(Cl)ccc2c(=O)[nH]1)C(=O)c1cccc(OCC2CCCO2)c1. The number of H-pyrrole nitrogens is 1. The van der Waals surface area contributed by atoms with Gasteiger partial charge in [0.15, 0.2) is 0 Å². The first-order chi connectivity index (χ1) is 15.5. The summed E-state index contributed by atoms with van der Waals surface area (Å²) in [6.45, 7) is 3.96. The first-order valence-electron chi connectivity index (χ1n) is 10.9. The summed E-state index contributed by atoms with van der Waals surface area (Å²) in [4.78, 5) is 34.7. The average Bonchev–Trinajstić information content (AvgIpc) is 3.30. The number of benzene rings is 2. The van der Waals surface area contributed by atoms with Gasteiger partial charge < -0.3 is 19.4 Å². The summed E-state index contributed by atoms with van der Waals surface area (Å²) in [5.41, 5.74) is 0.772.